The number of allylic oxidation sites excluding steroid dienone is 1. The van der Waals surface area contributed by atoms with Gasteiger partial charge in [-0.1, -0.05) is 39.8 Å². The molecule has 4 rings (SSSR count). The number of methoxy groups -OCH3 is 2. The summed E-state index contributed by atoms with van der Waals surface area (Å²) in [5.74, 6) is -0.0711. The monoisotopic (exact) mass is 632 g/mol. The third kappa shape index (κ3) is 7.44. The van der Waals surface area contributed by atoms with Gasteiger partial charge in [-0.3, -0.25) is 14.5 Å². The van der Waals surface area contributed by atoms with Gasteiger partial charge in [0.15, 0.2) is 5.76 Å². The van der Waals surface area contributed by atoms with Crippen LogP contribution in [0.2, 0.25) is 0 Å². The SMILES string of the molecule is C=C(C)COc1ccc([C@H]2C(OC=O)=C(CC(C)(C)CC)Nc3c(O)cccc3N2C(=O)Cc2cc(OC)ccc2OC)c(F)c1. The van der Waals surface area contributed by atoms with Gasteiger partial charge in [-0.05, 0) is 66.8 Å². The molecule has 0 saturated carbocycles. The van der Waals surface area contributed by atoms with Gasteiger partial charge in [0.2, 0.25) is 5.91 Å². The second kappa shape index (κ2) is 14.4. The Labute approximate surface area is 269 Å². The maximum atomic E-state index is 16.3. The largest absolute Gasteiger partial charge is 0.506 e. The number of carbonyl (C=O) groups excluding carboxylic acids is 2. The molecule has 244 valence electrons. The predicted molar refractivity (Wildman–Crippen MR) is 175 cm³/mol. The van der Waals surface area contributed by atoms with E-state index in [0.29, 0.717) is 29.2 Å². The lowest BCUT2D eigenvalue weighted by Crippen LogP contribution is -2.38. The minimum absolute atomic E-state index is 0.0209. The van der Waals surface area contributed by atoms with Crippen molar-refractivity contribution in [2.75, 3.05) is 31.0 Å². The highest BCUT2D eigenvalue weighted by Crippen LogP contribution is 2.48. The first-order valence-electron chi connectivity index (χ1n) is 14.9. The first kappa shape index (κ1) is 33.9. The van der Waals surface area contributed by atoms with E-state index in [0.717, 1.165) is 12.0 Å². The van der Waals surface area contributed by atoms with Gasteiger partial charge in [0, 0.05) is 17.2 Å². The van der Waals surface area contributed by atoms with Crippen molar-refractivity contribution < 1.29 is 38.0 Å². The van der Waals surface area contributed by atoms with Gasteiger partial charge in [-0.15, -0.1) is 0 Å². The zero-order chi connectivity index (χ0) is 33.6. The van der Waals surface area contributed by atoms with Crippen molar-refractivity contribution in [3.8, 4) is 23.0 Å². The molecule has 10 heteroatoms. The molecule has 0 unspecified atom stereocenters. The number of ether oxygens (including phenoxy) is 4. The zero-order valence-corrected chi connectivity index (χ0v) is 27.1. The van der Waals surface area contributed by atoms with E-state index in [9.17, 15) is 14.7 Å². The maximum Gasteiger partial charge on any atom is 0.298 e. The molecule has 3 aromatic carbocycles. The van der Waals surface area contributed by atoms with Crippen LogP contribution in [0.5, 0.6) is 23.0 Å². The summed E-state index contributed by atoms with van der Waals surface area (Å²) in [6, 6.07) is 12.9. The Morgan fingerprint density at radius 3 is 2.48 bits per heavy atom. The zero-order valence-electron chi connectivity index (χ0n) is 27.1. The Bertz CT molecular complexity index is 1650. The van der Waals surface area contributed by atoms with E-state index in [2.05, 4.69) is 11.9 Å². The van der Waals surface area contributed by atoms with E-state index in [1.54, 1.807) is 43.3 Å². The van der Waals surface area contributed by atoms with E-state index in [4.69, 9.17) is 18.9 Å². The van der Waals surface area contributed by atoms with Crippen molar-refractivity contribution in [2.24, 2.45) is 5.41 Å². The standard InChI is InChI=1S/C36H41FN2O7/c1-8-36(4,5)19-28-35(46-21-40)34(26-14-12-25(18-27(26)37)45-20-22(2)3)39(29-10-9-11-30(41)33(29)38-28)32(42)17-23-16-24(43-6)13-15-31(23)44-7/h9-16,18,21,34,38,41H,2,8,17,19-20H2,1,3-7H3/t34-/m0/s1. The number of amides is 1. The molecular weight excluding hydrogens is 591 g/mol. The van der Waals surface area contributed by atoms with Crippen molar-refractivity contribution in [2.45, 2.75) is 53.0 Å². The Kier molecular flexibility index (Phi) is 10.6. The number of phenols is 1. The second-order valence-electron chi connectivity index (χ2n) is 12.0. The summed E-state index contributed by atoms with van der Waals surface area (Å²) in [7, 11) is 3.01. The van der Waals surface area contributed by atoms with E-state index in [-0.39, 0.29) is 59.1 Å². The average molecular weight is 633 g/mol. The number of halogens is 1. The van der Waals surface area contributed by atoms with Crippen LogP contribution in [-0.4, -0.2) is 38.3 Å². The molecule has 0 fully saturated rings. The summed E-state index contributed by atoms with van der Waals surface area (Å²) in [4.78, 5) is 28.0. The molecule has 0 spiro atoms. The van der Waals surface area contributed by atoms with Crippen molar-refractivity contribution >= 4 is 23.8 Å². The van der Waals surface area contributed by atoms with E-state index in [1.807, 2.05) is 20.8 Å². The number of fused-ring (bicyclic) bond motifs is 1. The van der Waals surface area contributed by atoms with Gasteiger partial charge < -0.3 is 29.4 Å². The van der Waals surface area contributed by atoms with Crippen molar-refractivity contribution in [3.63, 3.8) is 0 Å². The van der Waals surface area contributed by atoms with Crippen LogP contribution < -0.4 is 24.4 Å². The Balaban J connectivity index is 2.00. The third-order valence-corrected chi connectivity index (χ3v) is 8.00. The fraction of sp³-hybridized carbons (Fsp3) is 0.333. The summed E-state index contributed by atoms with van der Waals surface area (Å²) >= 11 is 0. The van der Waals surface area contributed by atoms with Crippen LogP contribution in [0.3, 0.4) is 0 Å². The summed E-state index contributed by atoms with van der Waals surface area (Å²) in [5, 5.41) is 14.4. The first-order valence-corrected chi connectivity index (χ1v) is 14.9. The number of benzene rings is 3. The van der Waals surface area contributed by atoms with Gasteiger partial charge in [-0.2, -0.15) is 0 Å². The fourth-order valence-electron chi connectivity index (χ4n) is 5.27. The van der Waals surface area contributed by atoms with Gasteiger partial charge in [-0.25, -0.2) is 4.39 Å². The van der Waals surface area contributed by atoms with E-state index in [1.165, 1.54) is 37.3 Å². The molecule has 1 atom stereocenters. The normalized spacial score (nSPS) is 14.5. The summed E-state index contributed by atoms with van der Waals surface area (Å²) in [6.07, 6.45) is 0.911. The first-order chi connectivity index (χ1) is 21.9. The molecule has 9 nitrogen and oxygen atoms in total. The summed E-state index contributed by atoms with van der Waals surface area (Å²) < 4.78 is 38.5. The Morgan fingerprint density at radius 1 is 1.11 bits per heavy atom. The fourth-order valence-corrected chi connectivity index (χ4v) is 5.27. The minimum atomic E-state index is -1.26. The van der Waals surface area contributed by atoms with Crippen LogP contribution >= 0.6 is 0 Å². The van der Waals surface area contributed by atoms with E-state index >= 15 is 4.39 Å². The lowest BCUT2D eigenvalue weighted by molar-refractivity contribution is -0.126. The van der Waals surface area contributed by atoms with Crippen molar-refractivity contribution in [1.29, 1.82) is 0 Å². The lowest BCUT2D eigenvalue weighted by atomic mass is 9.84. The molecule has 0 radical (unpaired) electrons. The third-order valence-electron chi connectivity index (χ3n) is 8.00. The number of rotatable bonds is 13. The second-order valence-corrected chi connectivity index (χ2v) is 12.0. The Morgan fingerprint density at radius 2 is 1.85 bits per heavy atom. The number of hydrogen-bond acceptors (Lipinski definition) is 8. The molecule has 0 saturated heterocycles. The number of nitrogens with one attached hydrogen (secondary N) is 1. The van der Waals surface area contributed by atoms with Crippen LogP contribution in [0, 0.1) is 11.2 Å². The summed E-state index contributed by atoms with van der Waals surface area (Å²) in [6.45, 7) is 12.2. The molecule has 1 aliphatic rings. The smallest absolute Gasteiger partial charge is 0.298 e. The number of nitrogens with zero attached hydrogens (tertiary/aromatic N) is 1. The lowest BCUT2D eigenvalue weighted by Gasteiger charge is -2.33. The number of hydrogen-bond donors (Lipinski definition) is 2. The van der Waals surface area contributed by atoms with Crippen molar-refractivity contribution in [1.82, 2.24) is 0 Å². The number of aromatic hydroxyl groups is 1. The Hall–Kier alpha value is -4.99. The summed E-state index contributed by atoms with van der Waals surface area (Å²) in [5.41, 5.74) is 1.91. The van der Waals surface area contributed by atoms with Crippen LogP contribution in [-0.2, 0) is 20.7 Å². The molecule has 0 aliphatic carbocycles. The molecule has 0 aromatic heterocycles. The number of para-hydroxylation sites is 1. The van der Waals surface area contributed by atoms with Crippen LogP contribution in [0.1, 0.15) is 57.7 Å². The highest BCUT2D eigenvalue weighted by atomic mass is 19.1. The van der Waals surface area contributed by atoms with Crippen LogP contribution in [0.4, 0.5) is 15.8 Å². The number of anilines is 2. The van der Waals surface area contributed by atoms with Gasteiger partial charge in [0.05, 0.1) is 32.0 Å². The quantitative estimate of drug-likeness (QED) is 0.114. The molecule has 1 aliphatic heterocycles. The van der Waals surface area contributed by atoms with Crippen LogP contribution in [0.15, 0.2) is 78.2 Å². The molecule has 3 aromatic rings. The van der Waals surface area contributed by atoms with Crippen LogP contribution in [0.25, 0.3) is 0 Å². The van der Waals surface area contributed by atoms with E-state index < -0.39 is 17.8 Å². The molecule has 1 amide bonds. The highest BCUT2D eigenvalue weighted by Gasteiger charge is 2.40. The molecule has 46 heavy (non-hydrogen) atoms. The number of carbonyl (C=O) groups is 2. The van der Waals surface area contributed by atoms with Gasteiger partial charge in [0.1, 0.15) is 47.2 Å². The van der Waals surface area contributed by atoms with Crippen molar-refractivity contribution in [3.05, 3.63) is 95.1 Å². The average Bonchev–Trinajstić information content (AvgIpc) is 3.15. The maximum absolute atomic E-state index is 16.3. The van der Waals surface area contributed by atoms with Gasteiger partial charge in [0.25, 0.3) is 6.47 Å². The minimum Gasteiger partial charge on any atom is -0.506 e. The molecule has 2 N–H and O–H groups in total. The number of phenolic OH excluding ortho intramolecular Hbond substituents is 1. The highest BCUT2D eigenvalue weighted by molar-refractivity contribution is 6.01. The van der Waals surface area contributed by atoms with Gasteiger partial charge >= 0.3 is 0 Å². The predicted octanol–water partition coefficient (Wildman–Crippen LogP) is 7.46. The molecule has 0 bridgehead atoms. The molecular formula is C36H41FN2O7. The molecule has 1 heterocycles. The topological polar surface area (TPSA) is 107 Å².